The second-order valence-corrected chi connectivity index (χ2v) is 6.98. The molecule has 1 atom stereocenters. The van der Waals surface area contributed by atoms with Crippen LogP contribution in [0.2, 0.25) is 0 Å². The largest absolute Gasteiger partial charge is 0.343 e. The number of nitrogens with two attached hydrogens (primary N) is 1. The number of amides is 1. The molecule has 1 unspecified atom stereocenters. The number of piperidine rings is 1. The van der Waals surface area contributed by atoms with Crippen LogP contribution in [0.5, 0.6) is 0 Å². The molecule has 1 heterocycles. The molecule has 0 spiro atoms. The lowest BCUT2D eigenvalue weighted by molar-refractivity contribution is -0.134. The number of rotatable bonds is 5. The molecule has 0 aromatic rings. The van der Waals surface area contributed by atoms with Crippen LogP contribution < -0.4 is 5.73 Å². The Hall–Kier alpha value is -0.570. The Morgan fingerprint density at radius 1 is 1.28 bits per heavy atom. The smallest absolute Gasteiger partial charge is 0.222 e. The summed E-state index contributed by atoms with van der Waals surface area (Å²) in [5, 5.41) is 0. The van der Waals surface area contributed by atoms with Gasteiger partial charge >= 0.3 is 0 Å². The molecule has 3 heteroatoms. The quantitative estimate of drug-likeness (QED) is 0.820. The average Bonchev–Trinajstić information content (AvgIpc) is 2.27. The first-order valence-electron chi connectivity index (χ1n) is 7.32. The van der Waals surface area contributed by atoms with Crippen molar-refractivity contribution in [1.82, 2.24) is 4.90 Å². The third kappa shape index (κ3) is 4.97. The fraction of sp³-hybridized carbons (Fsp3) is 0.933. The Morgan fingerprint density at radius 2 is 1.83 bits per heavy atom. The van der Waals surface area contributed by atoms with E-state index >= 15 is 0 Å². The molecule has 1 rings (SSSR count). The summed E-state index contributed by atoms with van der Waals surface area (Å²) >= 11 is 0. The maximum atomic E-state index is 12.2. The second-order valence-electron chi connectivity index (χ2n) is 6.98. The van der Waals surface area contributed by atoms with Gasteiger partial charge in [0.2, 0.25) is 5.91 Å². The van der Waals surface area contributed by atoms with Crippen LogP contribution in [0, 0.1) is 17.3 Å². The van der Waals surface area contributed by atoms with Crippen LogP contribution in [0.4, 0.5) is 0 Å². The van der Waals surface area contributed by atoms with Gasteiger partial charge in [0.05, 0.1) is 0 Å². The molecule has 0 bridgehead atoms. The SMILES string of the molecule is CC(C)CC(CN)CC(=O)N1CCC(C)(C)CC1. The molecule has 18 heavy (non-hydrogen) atoms. The summed E-state index contributed by atoms with van der Waals surface area (Å²) in [7, 11) is 0. The van der Waals surface area contributed by atoms with Crippen LogP contribution in [-0.2, 0) is 4.79 Å². The molecule has 0 aromatic heterocycles. The van der Waals surface area contributed by atoms with E-state index in [9.17, 15) is 4.79 Å². The molecule has 0 aromatic carbocycles. The normalized spacial score (nSPS) is 21.1. The zero-order valence-corrected chi connectivity index (χ0v) is 12.5. The topological polar surface area (TPSA) is 46.3 Å². The van der Waals surface area contributed by atoms with Crippen LogP contribution in [-0.4, -0.2) is 30.4 Å². The summed E-state index contributed by atoms with van der Waals surface area (Å²) in [5.74, 6) is 1.28. The summed E-state index contributed by atoms with van der Waals surface area (Å²) in [6, 6.07) is 0. The highest BCUT2D eigenvalue weighted by Crippen LogP contribution is 2.30. The average molecular weight is 254 g/mol. The van der Waals surface area contributed by atoms with Crippen LogP contribution in [0.15, 0.2) is 0 Å². The molecule has 0 radical (unpaired) electrons. The first-order valence-corrected chi connectivity index (χ1v) is 7.32. The summed E-state index contributed by atoms with van der Waals surface area (Å²) in [6.07, 6.45) is 3.93. The number of carbonyl (C=O) groups is 1. The Labute approximate surface area is 112 Å². The van der Waals surface area contributed by atoms with Crippen molar-refractivity contribution in [3.63, 3.8) is 0 Å². The van der Waals surface area contributed by atoms with Gasteiger partial charge in [-0.05, 0) is 43.1 Å². The fourth-order valence-corrected chi connectivity index (χ4v) is 2.67. The molecular formula is C15H30N2O. The van der Waals surface area contributed by atoms with Crippen molar-refractivity contribution < 1.29 is 4.79 Å². The minimum atomic E-state index is 0.307. The van der Waals surface area contributed by atoms with E-state index < -0.39 is 0 Å². The molecule has 0 saturated carbocycles. The molecule has 1 saturated heterocycles. The zero-order valence-electron chi connectivity index (χ0n) is 12.5. The maximum Gasteiger partial charge on any atom is 0.222 e. The molecular weight excluding hydrogens is 224 g/mol. The van der Waals surface area contributed by atoms with Crippen molar-refractivity contribution in [3.8, 4) is 0 Å². The van der Waals surface area contributed by atoms with Gasteiger partial charge in [0, 0.05) is 19.5 Å². The van der Waals surface area contributed by atoms with Crippen LogP contribution >= 0.6 is 0 Å². The number of carbonyl (C=O) groups excluding carboxylic acids is 1. The molecule has 1 amide bonds. The van der Waals surface area contributed by atoms with Crippen molar-refractivity contribution in [3.05, 3.63) is 0 Å². The highest BCUT2D eigenvalue weighted by Gasteiger charge is 2.28. The lowest BCUT2D eigenvalue weighted by Gasteiger charge is -2.37. The lowest BCUT2D eigenvalue weighted by Crippen LogP contribution is -2.42. The second kappa shape index (κ2) is 6.55. The van der Waals surface area contributed by atoms with Crippen molar-refractivity contribution in [2.75, 3.05) is 19.6 Å². The van der Waals surface area contributed by atoms with Crippen LogP contribution in [0.1, 0.15) is 53.4 Å². The Morgan fingerprint density at radius 3 is 2.28 bits per heavy atom. The molecule has 1 aliphatic rings. The van der Waals surface area contributed by atoms with E-state index in [0.717, 1.165) is 32.4 Å². The van der Waals surface area contributed by atoms with E-state index in [1.807, 2.05) is 4.90 Å². The van der Waals surface area contributed by atoms with Crippen LogP contribution in [0.25, 0.3) is 0 Å². The van der Waals surface area contributed by atoms with Gasteiger partial charge in [-0.3, -0.25) is 4.79 Å². The van der Waals surface area contributed by atoms with Crippen LogP contribution in [0.3, 0.4) is 0 Å². The number of likely N-dealkylation sites (tertiary alicyclic amines) is 1. The number of hydrogen-bond donors (Lipinski definition) is 1. The zero-order chi connectivity index (χ0) is 13.8. The monoisotopic (exact) mass is 254 g/mol. The van der Waals surface area contributed by atoms with Crippen molar-refractivity contribution >= 4 is 5.91 Å². The third-order valence-electron chi connectivity index (χ3n) is 4.07. The van der Waals surface area contributed by atoms with Gasteiger partial charge in [-0.1, -0.05) is 27.7 Å². The lowest BCUT2D eigenvalue weighted by atomic mass is 9.82. The standard InChI is InChI=1S/C15H30N2O/c1-12(2)9-13(11-16)10-14(18)17-7-5-15(3,4)6-8-17/h12-13H,5-11,16H2,1-4H3. The minimum absolute atomic E-state index is 0.307. The summed E-state index contributed by atoms with van der Waals surface area (Å²) in [6.45, 7) is 11.4. The van der Waals surface area contributed by atoms with E-state index in [2.05, 4.69) is 27.7 Å². The van der Waals surface area contributed by atoms with Crippen molar-refractivity contribution in [2.24, 2.45) is 23.0 Å². The molecule has 0 aliphatic carbocycles. The summed E-state index contributed by atoms with van der Waals surface area (Å²) < 4.78 is 0. The molecule has 1 aliphatic heterocycles. The van der Waals surface area contributed by atoms with Gasteiger partial charge < -0.3 is 10.6 Å². The Bertz CT molecular complexity index is 264. The molecule has 3 nitrogen and oxygen atoms in total. The molecule has 106 valence electrons. The predicted octanol–water partition coefficient (Wildman–Crippen LogP) is 2.65. The van der Waals surface area contributed by atoms with E-state index in [0.29, 0.717) is 36.1 Å². The van der Waals surface area contributed by atoms with E-state index in [-0.39, 0.29) is 0 Å². The van der Waals surface area contributed by atoms with E-state index in [1.54, 1.807) is 0 Å². The van der Waals surface area contributed by atoms with Crippen molar-refractivity contribution in [1.29, 1.82) is 0 Å². The summed E-state index contributed by atoms with van der Waals surface area (Å²) in [5.41, 5.74) is 6.18. The minimum Gasteiger partial charge on any atom is -0.343 e. The highest BCUT2D eigenvalue weighted by atomic mass is 16.2. The highest BCUT2D eigenvalue weighted by molar-refractivity contribution is 5.76. The van der Waals surface area contributed by atoms with Gasteiger partial charge in [-0.15, -0.1) is 0 Å². The van der Waals surface area contributed by atoms with Gasteiger partial charge in [0.15, 0.2) is 0 Å². The van der Waals surface area contributed by atoms with Gasteiger partial charge in [-0.25, -0.2) is 0 Å². The molecule has 2 N–H and O–H groups in total. The number of hydrogen-bond acceptors (Lipinski definition) is 2. The van der Waals surface area contributed by atoms with Gasteiger partial charge in [0.1, 0.15) is 0 Å². The predicted molar refractivity (Wildman–Crippen MR) is 76.2 cm³/mol. The summed E-state index contributed by atoms with van der Waals surface area (Å²) in [4.78, 5) is 14.3. The first-order chi connectivity index (χ1) is 8.34. The van der Waals surface area contributed by atoms with E-state index in [4.69, 9.17) is 5.73 Å². The van der Waals surface area contributed by atoms with Crippen molar-refractivity contribution in [2.45, 2.75) is 53.4 Å². The fourth-order valence-electron chi connectivity index (χ4n) is 2.67. The molecule has 1 fully saturated rings. The number of nitrogens with zero attached hydrogens (tertiary/aromatic N) is 1. The maximum absolute atomic E-state index is 12.2. The Balaban J connectivity index is 2.40. The van der Waals surface area contributed by atoms with Gasteiger partial charge in [-0.2, -0.15) is 0 Å². The Kier molecular flexibility index (Phi) is 5.64. The van der Waals surface area contributed by atoms with Gasteiger partial charge in [0.25, 0.3) is 0 Å². The van der Waals surface area contributed by atoms with E-state index in [1.165, 1.54) is 0 Å². The first kappa shape index (κ1) is 15.5. The third-order valence-corrected chi connectivity index (χ3v) is 4.07.